The average Bonchev–Trinajstić information content (AvgIpc) is 2.92. The number of aryl methyl sites for hydroxylation is 2. The molecule has 2 aromatic heterocycles. The van der Waals surface area contributed by atoms with E-state index in [2.05, 4.69) is 20.9 Å². The molecule has 0 aliphatic carbocycles. The fourth-order valence-corrected chi connectivity index (χ4v) is 3.08. The van der Waals surface area contributed by atoms with Crippen LogP contribution in [-0.4, -0.2) is 25.3 Å². The molecule has 0 fully saturated rings. The highest BCUT2D eigenvalue weighted by atomic mass is 79.9. The number of hydrogen-bond acceptors (Lipinski definition) is 4. The minimum atomic E-state index is -0.392. The molecule has 3 aromatic rings. The summed E-state index contributed by atoms with van der Waals surface area (Å²) in [5.74, 6) is 0.811. The molecule has 7 nitrogen and oxygen atoms in total. The van der Waals surface area contributed by atoms with Crippen LogP contribution < -0.4 is 16.0 Å². The number of ether oxygens (including phenoxy) is 1. The van der Waals surface area contributed by atoms with Gasteiger partial charge in [-0.1, -0.05) is 18.2 Å². The second kappa shape index (κ2) is 6.64. The lowest BCUT2D eigenvalue weighted by Crippen LogP contribution is -2.37. The number of benzene rings is 1. The van der Waals surface area contributed by atoms with E-state index in [0.29, 0.717) is 35.5 Å². The Labute approximate surface area is 146 Å². The molecule has 0 atom stereocenters. The van der Waals surface area contributed by atoms with E-state index in [-0.39, 0.29) is 5.56 Å². The van der Waals surface area contributed by atoms with Gasteiger partial charge in [0.2, 0.25) is 0 Å². The molecule has 1 aromatic carbocycles. The third-order valence-corrected chi connectivity index (χ3v) is 4.44. The van der Waals surface area contributed by atoms with E-state index in [9.17, 15) is 9.59 Å². The van der Waals surface area contributed by atoms with Crippen LogP contribution in [-0.2, 0) is 20.6 Å². The highest BCUT2D eigenvalue weighted by molar-refractivity contribution is 9.10. The van der Waals surface area contributed by atoms with E-state index in [1.165, 1.54) is 11.6 Å². The predicted molar refractivity (Wildman–Crippen MR) is 94.5 cm³/mol. The molecule has 0 aliphatic rings. The molecule has 0 radical (unpaired) electrons. The maximum atomic E-state index is 12.4. The molecule has 24 heavy (non-hydrogen) atoms. The molecular weight excluding hydrogens is 376 g/mol. The van der Waals surface area contributed by atoms with Gasteiger partial charge >= 0.3 is 5.69 Å². The first kappa shape index (κ1) is 16.5. The minimum Gasteiger partial charge on any atom is -0.494 e. The third-order valence-electron chi connectivity index (χ3n) is 3.84. The second-order valence-electron chi connectivity index (χ2n) is 5.43. The lowest BCUT2D eigenvalue weighted by atomic mass is 10.3. The van der Waals surface area contributed by atoms with Gasteiger partial charge < -0.3 is 9.30 Å². The molecule has 0 saturated carbocycles. The summed E-state index contributed by atoms with van der Waals surface area (Å²) < 4.78 is 10.4. The summed E-state index contributed by atoms with van der Waals surface area (Å²) in [6.45, 7) is 1.07. The Balaban J connectivity index is 1.84. The Hall–Kier alpha value is -2.35. The summed E-state index contributed by atoms with van der Waals surface area (Å²) in [6, 6.07) is 9.56. The monoisotopic (exact) mass is 392 g/mol. The summed E-state index contributed by atoms with van der Waals surface area (Å²) in [6.07, 6.45) is 0.699. The van der Waals surface area contributed by atoms with Crippen LogP contribution in [0.2, 0.25) is 0 Å². The van der Waals surface area contributed by atoms with Crippen LogP contribution in [0.4, 0.5) is 0 Å². The molecule has 0 saturated heterocycles. The van der Waals surface area contributed by atoms with Gasteiger partial charge in [0.25, 0.3) is 5.56 Å². The van der Waals surface area contributed by atoms with Crippen LogP contribution in [0, 0.1) is 0 Å². The van der Waals surface area contributed by atoms with Gasteiger partial charge in [0.15, 0.2) is 15.9 Å². The third kappa shape index (κ3) is 2.89. The van der Waals surface area contributed by atoms with E-state index >= 15 is 0 Å². The van der Waals surface area contributed by atoms with Crippen molar-refractivity contribution in [3.63, 3.8) is 0 Å². The van der Waals surface area contributed by atoms with Gasteiger partial charge in [0.05, 0.1) is 6.61 Å². The van der Waals surface area contributed by atoms with Gasteiger partial charge in [-0.2, -0.15) is 0 Å². The molecular formula is C16H17BrN4O3. The predicted octanol–water partition coefficient (Wildman–Crippen LogP) is 1.67. The maximum absolute atomic E-state index is 12.4. The van der Waals surface area contributed by atoms with E-state index in [0.717, 1.165) is 10.3 Å². The molecule has 0 unspecified atom stereocenters. The van der Waals surface area contributed by atoms with Gasteiger partial charge in [0.1, 0.15) is 5.75 Å². The summed E-state index contributed by atoms with van der Waals surface area (Å²) in [4.78, 5) is 28.7. The fraction of sp³-hybridized carbons (Fsp3) is 0.312. The standard InChI is InChI=1S/C16H17BrN4O3/c1-19-13-12(14(22)20(2)16(19)23)21(15(17)18-13)9-6-10-24-11-7-4-3-5-8-11/h3-5,7-8H,6,9-10H2,1-2H3. The Bertz CT molecular complexity index is 988. The van der Waals surface area contributed by atoms with Gasteiger partial charge in [0, 0.05) is 20.6 Å². The molecule has 126 valence electrons. The van der Waals surface area contributed by atoms with Gasteiger partial charge in [-0.05, 0) is 34.5 Å². The summed E-state index contributed by atoms with van der Waals surface area (Å²) in [5, 5.41) is 0. The summed E-state index contributed by atoms with van der Waals surface area (Å²) >= 11 is 3.37. The van der Waals surface area contributed by atoms with Crippen molar-refractivity contribution in [1.82, 2.24) is 18.7 Å². The van der Waals surface area contributed by atoms with Crippen molar-refractivity contribution in [2.75, 3.05) is 6.61 Å². The number of aromatic nitrogens is 4. The minimum absolute atomic E-state index is 0.352. The highest BCUT2D eigenvalue weighted by Gasteiger charge is 2.17. The smallest absolute Gasteiger partial charge is 0.332 e. The number of fused-ring (bicyclic) bond motifs is 1. The maximum Gasteiger partial charge on any atom is 0.332 e. The zero-order valence-electron chi connectivity index (χ0n) is 13.4. The Morgan fingerprint density at radius 1 is 1.12 bits per heavy atom. The van der Waals surface area contributed by atoms with E-state index in [1.54, 1.807) is 11.6 Å². The molecule has 0 bridgehead atoms. The molecule has 3 rings (SSSR count). The van der Waals surface area contributed by atoms with Gasteiger partial charge in [-0.25, -0.2) is 9.78 Å². The molecule has 0 amide bonds. The lowest BCUT2D eigenvalue weighted by Gasteiger charge is -2.09. The lowest BCUT2D eigenvalue weighted by molar-refractivity contribution is 0.302. The largest absolute Gasteiger partial charge is 0.494 e. The first-order valence-corrected chi connectivity index (χ1v) is 8.29. The van der Waals surface area contributed by atoms with Crippen LogP contribution in [0.15, 0.2) is 44.7 Å². The van der Waals surface area contributed by atoms with Crippen molar-refractivity contribution in [1.29, 1.82) is 0 Å². The topological polar surface area (TPSA) is 71.0 Å². The Kier molecular flexibility index (Phi) is 4.57. The van der Waals surface area contributed by atoms with Crippen molar-refractivity contribution in [3.05, 3.63) is 55.9 Å². The van der Waals surface area contributed by atoms with E-state index in [1.807, 2.05) is 30.3 Å². The number of nitrogens with zero attached hydrogens (tertiary/aromatic N) is 4. The summed E-state index contributed by atoms with van der Waals surface area (Å²) in [7, 11) is 3.07. The van der Waals surface area contributed by atoms with Crippen molar-refractivity contribution in [2.24, 2.45) is 14.1 Å². The fourth-order valence-electron chi connectivity index (χ4n) is 2.55. The van der Waals surface area contributed by atoms with Crippen LogP contribution in [0.5, 0.6) is 5.75 Å². The molecule has 0 spiro atoms. The van der Waals surface area contributed by atoms with Crippen LogP contribution in [0.1, 0.15) is 6.42 Å². The number of halogens is 1. The number of imidazole rings is 1. The quantitative estimate of drug-likeness (QED) is 0.489. The van der Waals surface area contributed by atoms with E-state index < -0.39 is 5.69 Å². The van der Waals surface area contributed by atoms with Crippen LogP contribution >= 0.6 is 15.9 Å². The SMILES string of the molecule is Cn1c(=O)c2c(nc(Br)n2CCCOc2ccccc2)n(C)c1=O. The first-order chi connectivity index (χ1) is 11.5. The van der Waals surface area contributed by atoms with Crippen LogP contribution in [0.3, 0.4) is 0 Å². The zero-order chi connectivity index (χ0) is 17.3. The van der Waals surface area contributed by atoms with E-state index in [4.69, 9.17) is 4.74 Å². The normalized spacial score (nSPS) is 11.1. The second-order valence-corrected chi connectivity index (χ2v) is 6.13. The van der Waals surface area contributed by atoms with Gasteiger partial charge in [-0.15, -0.1) is 0 Å². The Morgan fingerprint density at radius 3 is 2.54 bits per heavy atom. The zero-order valence-corrected chi connectivity index (χ0v) is 15.0. The number of para-hydroxylation sites is 1. The van der Waals surface area contributed by atoms with Crippen molar-refractivity contribution in [3.8, 4) is 5.75 Å². The van der Waals surface area contributed by atoms with Crippen molar-refractivity contribution in [2.45, 2.75) is 13.0 Å². The van der Waals surface area contributed by atoms with Crippen molar-refractivity contribution >= 4 is 27.1 Å². The average molecular weight is 393 g/mol. The number of rotatable bonds is 5. The number of hydrogen-bond donors (Lipinski definition) is 0. The van der Waals surface area contributed by atoms with Gasteiger partial charge in [-0.3, -0.25) is 13.9 Å². The molecule has 8 heteroatoms. The highest BCUT2D eigenvalue weighted by Crippen LogP contribution is 2.17. The Morgan fingerprint density at radius 2 is 1.83 bits per heavy atom. The van der Waals surface area contributed by atoms with Crippen LogP contribution in [0.25, 0.3) is 11.2 Å². The molecule has 0 aliphatic heterocycles. The summed E-state index contributed by atoms with van der Waals surface area (Å²) in [5.41, 5.74) is 0.0393. The molecule has 0 N–H and O–H groups in total. The molecule has 2 heterocycles. The first-order valence-electron chi connectivity index (χ1n) is 7.50. The van der Waals surface area contributed by atoms with Crippen molar-refractivity contribution < 1.29 is 4.74 Å².